The van der Waals surface area contributed by atoms with Gasteiger partial charge >= 0.3 is 0 Å². The number of nitrogens with one attached hydrogen (secondary N) is 2. The molecule has 3 rings (SSSR count). The maximum Gasteiger partial charge on any atom is 0.242 e. The molecule has 114 valence electrons. The van der Waals surface area contributed by atoms with Crippen molar-refractivity contribution in [3.05, 3.63) is 29.8 Å². The molecule has 1 amide bonds. The molecule has 1 aromatic rings. The van der Waals surface area contributed by atoms with Crippen LogP contribution in [0.4, 0.5) is 5.69 Å². The Hall–Kier alpha value is -1.51. The monoisotopic (exact) mass is 286 g/mol. The van der Waals surface area contributed by atoms with E-state index in [2.05, 4.69) is 42.7 Å². The molecule has 0 saturated heterocycles. The predicted molar refractivity (Wildman–Crippen MR) is 86.4 cm³/mol. The first-order valence-corrected chi connectivity index (χ1v) is 8.21. The predicted octanol–water partition coefficient (Wildman–Crippen LogP) is 3.50. The third-order valence-corrected chi connectivity index (χ3v) is 5.19. The second kappa shape index (κ2) is 5.70. The Balaban J connectivity index is 1.64. The highest BCUT2D eigenvalue weighted by Crippen LogP contribution is 2.35. The number of carbonyl (C=O) groups is 1. The molecule has 3 nitrogen and oxygen atoms in total. The van der Waals surface area contributed by atoms with E-state index in [-0.39, 0.29) is 17.4 Å². The summed E-state index contributed by atoms with van der Waals surface area (Å²) < 4.78 is 0. The van der Waals surface area contributed by atoms with Gasteiger partial charge in [0.25, 0.3) is 0 Å². The maximum atomic E-state index is 12.6. The largest absolute Gasteiger partial charge is 0.373 e. The minimum Gasteiger partial charge on any atom is -0.373 e. The van der Waals surface area contributed by atoms with E-state index in [1.807, 2.05) is 6.07 Å². The highest BCUT2D eigenvalue weighted by Gasteiger charge is 2.35. The second-order valence-corrected chi connectivity index (χ2v) is 7.19. The molecule has 2 atom stereocenters. The van der Waals surface area contributed by atoms with Crippen molar-refractivity contribution in [2.75, 3.05) is 5.32 Å². The molecule has 0 spiro atoms. The van der Waals surface area contributed by atoms with Crippen molar-refractivity contribution in [2.45, 2.75) is 64.5 Å². The fourth-order valence-electron chi connectivity index (χ4n) is 3.67. The first kappa shape index (κ1) is 14.4. The van der Waals surface area contributed by atoms with Gasteiger partial charge in [0.15, 0.2) is 0 Å². The molecule has 1 fully saturated rings. The van der Waals surface area contributed by atoms with Gasteiger partial charge in [0.1, 0.15) is 6.04 Å². The summed E-state index contributed by atoms with van der Waals surface area (Å²) in [6.07, 6.45) is 6.70. The lowest BCUT2D eigenvalue weighted by molar-refractivity contribution is -0.124. The van der Waals surface area contributed by atoms with E-state index in [9.17, 15) is 4.79 Å². The molecule has 1 saturated carbocycles. The van der Waals surface area contributed by atoms with Crippen LogP contribution < -0.4 is 10.6 Å². The Morgan fingerprint density at radius 1 is 1.24 bits per heavy atom. The van der Waals surface area contributed by atoms with Gasteiger partial charge in [-0.05, 0) is 42.7 Å². The Bertz CT molecular complexity index is 524. The fourth-order valence-corrected chi connectivity index (χ4v) is 3.67. The zero-order valence-electron chi connectivity index (χ0n) is 13.1. The van der Waals surface area contributed by atoms with Gasteiger partial charge in [-0.2, -0.15) is 0 Å². The summed E-state index contributed by atoms with van der Waals surface area (Å²) in [5.74, 6) is 0.171. The average Bonchev–Trinajstić information content (AvgIpc) is 2.48. The molecular weight excluding hydrogens is 260 g/mol. The summed E-state index contributed by atoms with van der Waals surface area (Å²) in [5, 5.41) is 6.71. The van der Waals surface area contributed by atoms with Gasteiger partial charge in [0, 0.05) is 11.7 Å². The summed E-state index contributed by atoms with van der Waals surface area (Å²) >= 11 is 0. The van der Waals surface area contributed by atoms with Crippen LogP contribution in [0.2, 0.25) is 0 Å². The highest BCUT2D eigenvalue weighted by molar-refractivity contribution is 5.86. The first-order valence-electron chi connectivity index (χ1n) is 8.21. The topological polar surface area (TPSA) is 41.1 Å². The van der Waals surface area contributed by atoms with Gasteiger partial charge in [0.05, 0.1) is 0 Å². The normalized spacial score (nSPS) is 27.3. The van der Waals surface area contributed by atoms with Crippen molar-refractivity contribution >= 4 is 11.6 Å². The van der Waals surface area contributed by atoms with Crippen LogP contribution in [0.3, 0.4) is 0 Å². The summed E-state index contributed by atoms with van der Waals surface area (Å²) in [7, 11) is 0. The smallest absolute Gasteiger partial charge is 0.242 e. The molecule has 2 aliphatic rings. The number of carbonyl (C=O) groups excluding carboxylic acids is 1. The van der Waals surface area contributed by atoms with E-state index >= 15 is 0 Å². The van der Waals surface area contributed by atoms with E-state index in [1.165, 1.54) is 24.8 Å². The molecule has 3 heteroatoms. The zero-order chi connectivity index (χ0) is 14.9. The molecule has 1 aromatic carbocycles. The molecule has 1 heterocycles. The Morgan fingerprint density at radius 3 is 2.86 bits per heavy atom. The number of hydrogen-bond donors (Lipinski definition) is 2. The lowest BCUT2D eigenvalue weighted by atomic mass is 9.73. The molecule has 1 aliphatic heterocycles. The van der Waals surface area contributed by atoms with Crippen LogP contribution in [-0.2, 0) is 11.2 Å². The molecule has 0 radical (unpaired) electrons. The third-order valence-electron chi connectivity index (χ3n) is 5.19. The molecule has 0 bridgehead atoms. The summed E-state index contributed by atoms with van der Waals surface area (Å²) in [6.45, 7) is 4.56. The highest BCUT2D eigenvalue weighted by atomic mass is 16.2. The van der Waals surface area contributed by atoms with Crippen molar-refractivity contribution in [3.8, 4) is 0 Å². The average molecular weight is 286 g/mol. The van der Waals surface area contributed by atoms with Crippen LogP contribution in [-0.4, -0.2) is 18.0 Å². The minimum absolute atomic E-state index is 0.0855. The van der Waals surface area contributed by atoms with Gasteiger partial charge < -0.3 is 10.6 Å². The number of para-hydroxylation sites is 1. The van der Waals surface area contributed by atoms with E-state index < -0.39 is 0 Å². The van der Waals surface area contributed by atoms with Crippen LogP contribution in [0.25, 0.3) is 0 Å². The number of benzene rings is 1. The first-order chi connectivity index (χ1) is 10.1. The standard InChI is InChI=1S/C18H26N2O/c1-18(2)12-6-5-9-16(18)20-17(21)15-11-10-13-7-3-4-8-14(13)19-15/h3-4,7-8,15-16,19H,5-6,9-12H2,1-2H3,(H,20,21). The summed E-state index contributed by atoms with van der Waals surface area (Å²) in [5.41, 5.74) is 2.66. The Morgan fingerprint density at radius 2 is 2.05 bits per heavy atom. The maximum absolute atomic E-state index is 12.6. The molecule has 2 unspecified atom stereocenters. The van der Waals surface area contributed by atoms with Crippen molar-refractivity contribution < 1.29 is 4.79 Å². The molecule has 2 N–H and O–H groups in total. The van der Waals surface area contributed by atoms with Crippen molar-refractivity contribution in [3.63, 3.8) is 0 Å². The molecule has 21 heavy (non-hydrogen) atoms. The summed E-state index contributed by atoms with van der Waals surface area (Å²) in [6, 6.07) is 8.53. The Labute approximate surface area is 127 Å². The summed E-state index contributed by atoms with van der Waals surface area (Å²) in [4.78, 5) is 12.6. The van der Waals surface area contributed by atoms with E-state index in [4.69, 9.17) is 0 Å². The lowest BCUT2D eigenvalue weighted by Gasteiger charge is -2.40. The van der Waals surface area contributed by atoms with Crippen molar-refractivity contribution in [1.82, 2.24) is 5.32 Å². The second-order valence-electron chi connectivity index (χ2n) is 7.19. The van der Waals surface area contributed by atoms with Gasteiger partial charge in [-0.3, -0.25) is 4.79 Å². The SMILES string of the molecule is CC1(C)CCCCC1NC(=O)C1CCc2ccccc2N1. The number of hydrogen-bond acceptors (Lipinski definition) is 2. The lowest BCUT2D eigenvalue weighted by Crippen LogP contribution is -2.52. The van der Waals surface area contributed by atoms with E-state index in [1.54, 1.807) is 0 Å². The number of aryl methyl sites for hydroxylation is 1. The number of fused-ring (bicyclic) bond motifs is 1. The van der Waals surface area contributed by atoms with Crippen LogP contribution in [0.15, 0.2) is 24.3 Å². The van der Waals surface area contributed by atoms with Gasteiger partial charge in [-0.15, -0.1) is 0 Å². The number of rotatable bonds is 2. The van der Waals surface area contributed by atoms with Gasteiger partial charge in [-0.1, -0.05) is 44.9 Å². The van der Waals surface area contributed by atoms with Gasteiger partial charge in [-0.25, -0.2) is 0 Å². The van der Waals surface area contributed by atoms with Crippen LogP contribution in [0, 0.1) is 5.41 Å². The van der Waals surface area contributed by atoms with Crippen LogP contribution in [0.5, 0.6) is 0 Å². The zero-order valence-corrected chi connectivity index (χ0v) is 13.1. The van der Waals surface area contributed by atoms with E-state index in [0.717, 1.165) is 24.9 Å². The van der Waals surface area contributed by atoms with E-state index in [0.29, 0.717) is 6.04 Å². The quantitative estimate of drug-likeness (QED) is 0.873. The number of anilines is 1. The van der Waals surface area contributed by atoms with Crippen molar-refractivity contribution in [1.29, 1.82) is 0 Å². The van der Waals surface area contributed by atoms with Crippen LogP contribution >= 0.6 is 0 Å². The third kappa shape index (κ3) is 3.07. The molecular formula is C18H26N2O. The van der Waals surface area contributed by atoms with Gasteiger partial charge in [0.2, 0.25) is 5.91 Å². The Kier molecular flexibility index (Phi) is 3.92. The number of amides is 1. The molecule has 1 aliphatic carbocycles. The fraction of sp³-hybridized carbons (Fsp3) is 0.611. The minimum atomic E-state index is -0.0855. The molecule has 0 aromatic heterocycles. The van der Waals surface area contributed by atoms with Crippen molar-refractivity contribution in [2.24, 2.45) is 5.41 Å². The van der Waals surface area contributed by atoms with Crippen LogP contribution in [0.1, 0.15) is 51.5 Å².